The lowest BCUT2D eigenvalue weighted by Gasteiger charge is -2.07. The third kappa shape index (κ3) is 2.07. The summed E-state index contributed by atoms with van der Waals surface area (Å²) in [6, 6.07) is 12.1. The maximum atomic E-state index is 5.46. The predicted octanol–water partition coefficient (Wildman–Crippen LogP) is 4.77. The number of methoxy groups -OCH3 is 1. The molecule has 0 amide bonds. The maximum Gasteiger partial charge on any atom is 0.182 e. The molecular formula is C15H13BrN2OS. The number of halogens is 1. The average molecular weight is 349 g/mol. The second-order valence-corrected chi connectivity index (χ2v) is 5.79. The second kappa shape index (κ2) is 5.07. The number of ether oxygens (including phenoxy) is 1. The van der Waals surface area contributed by atoms with Crippen LogP contribution >= 0.6 is 28.1 Å². The highest BCUT2D eigenvalue weighted by atomic mass is 79.9. The third-order valence-corrected chi connectivity index (χ3v) is 4.45. The Kier molecular flexibility index (Phi) is 3.40. The summed E-state index contributed by atoms with van der Waals surface area (Å²) < 4.78 is 9.10. The predicted molar refractivity (Wildman–Crippen MR) is 87.4 cm³/mol. The second-order valence-electron chi connectivity index (χ2n) is 4.55. The van der Waals surface area contributed by atoms with Gasteiger partial charge in [-0.2, -0.15) is 0 Å². The van der Waals surface area contributed by atoms with E-state index in [1.54, 1.807) is 7.11 Å². The topological polar surface area (TPSA) is 29.9 Å². The fraction of sp³-hybridized carbons (Fsp3) is 0.133. The van der Waals surface area contributed by atoms with Crippen LogP contribution in [0.15, 0.2) is 40.9 Å². The van der Waals surface area contributed by atoms with Crippen LogP contribution in [0.5, 0.6) is 5.75 Å². The molecule has 3 rings (SSSR count). The number of aromatic amines is 1. The van der Waals surface area contributed by atoms with Gasteiger partial charge in [0.1, 0.15) is 11.3 Å². The first-order valence-corrected chi connectivity index (χ1v) is 7.36. The lowest BCUT2D eigenvalue weighted by Crippen LogP contribution is -1.94. The van der Waals surface area contributed by atoms with Gasteiger partial charge in [0, 0.05) is 10.2 Å². The Balaban J connectivity index is 2.33. The smallest absolute Gasteiger partial charge is 0.182 e. The van der Waals surface area contributed by atoms with Gasteiger partial charge in [0.05, 0.1) is 12.6 Å². The monoisotopic (exact) mass is 348 g/mol. The number of H-pyrrole nitrogens is 1. The summed E-state index contributed by atoms with van der Waals surface area (Å²) in [4.78, 5) is 3.22. The van der Waals surface area contributed by atoms with Gasteiger partial charge < -0.3 is 9.72 Å². The first-order chi connectivity index (χ1) is 9.61. The van der Waals surface area contributed by atoms with Gasteiger partial charge in [0.15, 0.2) is 4.77 Å². The van der Waals surface area contributed by atoms with Crippen molar-refractivity contribution < 1.29 is 4.74 Å². The number of aromatic nitrogens is 2. The quantitative estimate of drug-likeness (QED) is 0.676. The van der Waals surface area contributed by atoms with Crippen molar-refractivity contribution in [3.05, 3.63) is 51.2 Å². The van der Waals surface area contributed by atoms with Crippen LogP contribution in [-0.4, -0.2) is 16.7 Å². The summed E-state index contributed by atoms with van der Waals surface area (Å²) in [5.74, 6) is 0.790. The van der Waals surface area contributed by atoms with Crippen LogP contribution in [0.4, 0.5) is 0 Å². The highest BCUT2D eigenvalue weighted by Gasteiger charge is 2.10. The molecule has 1 N–H and O–H groups in total. The summed E-state index contributed by atoms with van der Waals surface area (Å²) in [7, 11) is 1.66. The molecule has 0 aliphatic heterocycles. The van der Waals surface area contributed by atoms with Gasteiger partial charge in [-0.25, -0.2) is 0 Å². The van der Waals surface area contributed by atoms with Crippen molar-refractivity contribution in [2.45, 2.75) is 6.92 Å². The summed E-state index contributed by atoms with van der Waals surface area (Å²) in [5, 5.41) is 0. The van der Waals surface area contributed by atoms with Gasteiger partial charge in [0.25, 0.3) is 0 Å². The Bertz CT molecular complexity index is 851. The van der Waals surface area contributed by atoms with E-state index in [4.69, 9.17) is 17.0 Å². The zero-order valence-corrected chi connectivity index (χ0v) is 13.5. The van der Waals surface area contributed by atoms with Crippen molar-refractivity contribution >= 4 is 39.2 Å². The number of nitrogens with one attached hydrogen (secondary N) is 1. The van der Waals surface area contributed by atoms with E-state index >= 15 is 0 Å². The third-order valence-electron chi connectivity index (χ3n) is 3.31. The average Bonchev–Trinajstić information content (AvgIpc) is 2.78. The molecule has 0 atom stereocenters. The molecule has 0 unspecified atom stereocenters. The minimum absolute atomic E-state index is 0.653. The van der Waals surface area contributed by atoms with Crippen LogP contribution in [0.2, 0.25) is 0 Å². The number of rotatable bonds is 2. The molecule has 3 aromatic rings. The number of hydrogen-bond donors (Lipinski definition) is 1. The largest absolute Gasteiger partial charge is 0.494 e. The standard InChI is InChI=1S/C15H13BrN2OS/c1-9-6-7-10(8-11(9)16)18-12-4-3-5-13(19-2)14(12)17-15(18)20/h3-8H,1-2H3,(H,17,20). The Morgan fingerprint density at radius 3 is 2.75 bits per heavy atom. The molecule has 2 aromatic carbocycles. The van der Waals surface area contributed by atoms with Gasteiger partial charge >= 0.3 is 0 Å². The molecule has 0 saturated heterocycles. The Labute approximate surface area is 130 Å². The molecule has 0 radical (unpaired) electrons. The molecule has 1 heterocycles. The first-order valence-electron chi connectivity index (χ1n) is 6.16. The normalized spacial score (nSPS) is 10.9. The minimum Gasteiger partial charge on any atom is -0.494 e. The van der Waals surface area contributed by atoms with Crippen molar-refractivity contribution in [1.82, 2.24) is 9.55 Å². The van der Waals surface area contributed by atoms with Gasteiger partial charge in [-0.15, -0.1) is 0 Å². The van der Waals surface area contributed by atoms with Crippen LogP contribution in [-0.2, 0) is 0 Å². The van der Waals surface area contributed by atoms with Crippen LogP contribution < -0.4 is 4.74 Å². The van der Waals surface area contributed by atoms with E-state index in [0.29, 0.717) is 4.77 Å². The summed E-state index contributed by atoms with van der Waals surface area (Å²) >= 11 is 9.02. The molecule has 1 aromatic heterocycles. The fourth-order valence-corrected chi connectivity index (χ4v) is 2.92. The van der Waals surface area contributed by atoms with E-state index in [0.717, 1.165) is 26.9 Å². The molecule has 0 spiro atoms. The molecule has 0 aliphatic carbocycles. The Hall–Kier alpha value is -1.59. The lowest BCUT2D eigenvalue weighted by molar-refractivity contribution is 0.419. The highest BCUT2D eigenvalue weighted by molar-refractivity contribution is 9.10. The van der Waals surface area contributed by atoms with Crippen molar-refractivity contribution in [2.75, 3.05) is 7.11 Å². The molecular weight excluding hydrogens is 336 g/mol. The minimum atomic E-state index is 0.653. The number of aryl methyl sites for hydroxylation is 1. The molecule has 0 aliphatic rings. The molecule has 5 heteroatoms. The first kappa shape index (κ1) is 13.4. The van der Waals surface area contributed by atoms with Crippen LogP contribution in [0.3, 0.4) is 0 Å². The van der Waals surface area contributed by atoms with Crippen molar-refractivity contribution in [2.24, 2.45) is 0 Å². The number of para-hydroxylation sites is 1. The Morgan fingerprint density at radius 2 is 2.05 bits per heavy atom. The van der Waals surface area contributed by atoms with Gasteiger partial charge in [0.2, 0.25) is 0 Å². The molecule has 0 fully saturated rings. The van der Waals surface area contributed by atoms with Crippen molar-refractivity contribution in [1.29, 1.82) is 0 Å². The van der Waals surface area contributed by atoms with E-state index in [2.05, 4.69) is 46.0 Å². The van der Waals surface area contributed by atoms with Crippen LogP contribution in [0.25, 0.3) is 16.7 Å². The fourth-order valence-electron chi connectivity index (χ4n) is 2.25. The highest BCUT2D eigenvalue weighted by Crippen LogP contribution is 2.28. The van der Waals surface area contributed by atoms with E-state index in [9.17, 15) is 0 Å². The van der Waals surface area contributed by atoms with Gasteiger partial charge in [-0.3, -0.25) is 4.57 Å². The lowest BCUT2D eigenvalue weighted by atomic mass is 10.2. The van der Waals surface area contributed by atoms with Crippen LogP contribution in [0.1, 0.15) is 5.56 Å². The van der Waals surface area contributed by atoms with Gasteiger partial charge in [-0.05, 0) is 49.0 Å². The number of fused-ring (bicyclic) bond motifs is 1. The summed E-state index contributed by atoms with van der Waals surface area (Å²) in [6.07, 6.45) is 0. The van der Waals surface area contributed by atoms with Crippen LogP contribution in [0, 0.1) is 11.7 Å². The molecule has 0 saturated carbocycles. The van der Waals surface area contributed by atoms with Gasteiger partial charge in [-0.1, -0.05) is 28.1 Å². The number of nitrogens with zero attached hydrogens (tertiary/aromatic N) is 1. The Morgan fingerprint density at radius 1 is 1.25 bits per heavy atom. The van der Waals surface area contributed by atoms with Crippen molar-refractivity contribution in [3.8, 4) is 11.4 Å². The molecule has 0 bridgehead atoms. The number of imidazole rings is 1. The molecule has 3 nitrogen and oxygen atoms in total. The van der Waals surface area contributed by atoms with E-state index < -0.39 is 0 Å². The molecule has 20 heavy (non-hydrogen) atoms. The summed E-state index contributed by atoms with van der Waals surface area (Å²) in [5.41, 5.74) is 4.13. The van der Waals surface area contributed by atoms with Crippen molar-refractivity contribution in [3.63, 3.8) is 0 Å². The SMILES string of the molecule is COc1cccc2c1[nH]c(=S)n2-c1ccc(C)c(Br)c1. The zero-order chi connectivity index (χ0) is 14.3. The summed E-state index contributed by atoms with van der Waals surface area (Å²) in [6.45, 7) is 2.06. The zero-order valence-electron chi connectivity index (χ0n) is 11.1. The molecule has 102 valence electrons. The number of hydrogen-bond acceptors (Lipinski definition) is 2. The van der Waals surface area contributed by atoms with E-state index in [1.807, 2.05) is 22.8 Å². The van der Waals surface area contributed by atoms with E-state index in [1.165, 1.54) is 5.56 Å². The maximum absolute atomic E-state index is 5.46. The number of benzene rings is 2. The van der Waals surface area contributed by atoms with E-state index in [-0.39, 0.29) is 0 Å².